The highest BCUT2D eigenvalue weighted by Crippen LogP contribution is 2.12. The minimum Gasteiger partial charge on any atom is -0.472 e. The van der Waals surface area contributed by atoms with Crippen molar-refractivity contribution >= 4 is 5.96 Å². The number of nitrogens with zero attached hydrogens (tertiary/aromatic N) is 3. The zero-order valence-corrected chi connectivity index (χ0v) is 11.8. The summed E-state index contributed by atoms with van der Waals surface area (Å²) >= 11 is 0. The van der Waals surface area contributed by atoms with Crippen molar-refractivity contribution in [2.24, 2.45) is 10.7 Å². The Labute approximate surface area is 122 Å². The second-order valence-corrected chi connectivity index (χ2v) is 4.93. The van der Waals surface area contributed by atoms with Crippen LogP contribution in [0.5, 0.6) is 5.88 Å². The minimum absolute atomic E-state index is 0.180. The number of pyridine rings is 1. The highest BCUT2D eigenvalue weighted by Gasteiger charge is 2.11. The topological polar surface area (TPSA) is 63.7 Å². The summed E-state index contributed by atoms with van der Waals surface area (Å²) in [5.74, 6) is 0.709. The summed E-state index contributed by atoms with van der Waals surface area (Å²) in [6.07, 6.45) is 2.51. The summed E-state index contributed by atoms with van der Waals surface area (Å²) < 4.78 is 29.0. The van der Waals surface area contributed by atoms with E-state index in [1.54, 1.807) is 12.1 Å². The predicted molar refractivity (Wildman–Crippen MR) is 76.5 cm³/mol. The first kappa shape index (κ1) is 15.5. The summed E-state index contributed by atoms with van der Waals surface area (Å²) in [6.45, 7) is 1.61. The Balaban J connectivity index is 1.91. The van der Waals surface area contributed by atoms with Crippen molar-refractivity contribution in [1.29, 1.82) is 0 Å². The molecule has 2 N–H and O–H groups in total. The van der Waals surface area contributed by atoms with Gasteiger partial charge >= 0.3 is 0 Å². The van der Waals surface area contributed by atoms with Crippen LogP contribution in [0.2, 0.25) is 0 Å². The van der Waals surface area contributed by atoms with E-state index in [9.17, 15) is 8.78 Å². The normalized spacial score (nSPS) is 16.3. The number of aliphatic imine (C=N–C) groups is 1. The second kappa shape index (κ2) is 7.75. The zero-order valence-electron chi connectivity index (χ0n) is 11.8. The van der Waals surface area contributed by atoms with Crippen molar-refractivity contribution < 1.29 is 13.5 Å². The van der Waals surface area contributed by atoms with Gasteiger partial charge in [-0.1, -0.05) is 0 Å². The van der Waals surface area contributed by atoms with E-state index in [4.69, 9.17) is 10.5 Å². The van der Waals surface area contributed by atoms with Crippen LogP contribution in [0.15, 0.2) is 23.3 Å². The van der Waals surface area contributed by atoms with E-state index in [-0.39, 0.29) is 5.88 Å². The summed E-state index contributed by atoms with van der Waals surface area (Å²) in [5.41, 5.74) is 6.79. The van der Waals surface area contributed by atoms with E-state index in [0.717, 1.165) is 31.5 Å². The number of aromatic nitrogens is 1. The molecule has 0 atom stereocenters. The van der Waals surface area contributed by atoms with Crippen LogP contribution < -0.4 is 10.5 Å². The Morgan fingerprint density at radius 2 is 2.14 bits per heavy atom. The quantitative estimate of drug-likeness (QED) is 0.667. The third-order valence-electron chi connectivity index (χ3n) is 3.26. The first-order chi connectivity index (χ1) is 10.1. The van der Waals surface area contributed by atoms with Crippen LogP contribution in [0, 0.1) is 0 Å². The maximum Gasteiger partial charge on any atom is 0.272 e. The maximum atomic E-state index is 12.1. The number of rotatable bonds is 5. The van der Waals surface area contributed by atoms with E-state index in [1.165, 1.54) is 12.6 Å². The molecule has 1 aliphatic heterocycles. The van der Waals surface area contributed by atoms with Gasteiger partial charge in [-0.3, -0.25) is 0 Å². The van der Waals surface area contributed by atoms with E-state index < -0.39 is 13.0 Å². The van der Waals surface area contributed by atoms with Gasteiger partial charge in [0.2, 0.25) is 5.88 Å². The molecule has 0 aliphatic carbocycles. The highest BCUT2D eigenvalue weighted by molar-refractivity contribution is 5.78. The molecule has 0 aromatic carbocycles. The summed E-state index contributed by atoms with van der Waals surface area (Å²) in [4.78, 5) is 10.3. The van der Waals surface area contributed by atoms with Crippen LogP contribution in [0.25, 0.3) is 0 Å². The Morgan fingerprint density at radius 1 is 1.38 bits per heavy atom. The molecule has 0 amide bonds. The van der Waals surface area contributed by atoms with Crippen molar-refractivity contribution in [2.75, 3.05) is 19.7 Å². The molecule has 1 fully saturated rings. The molecule has 0 bridgehead atoms. The van der Waals surface area contributed by atoms with Crippen LogP contribution >= 0.6 is 0 Å². The molecule has 1 aromatic heterocycles. The molecule has 1 saturated heterocycles. The van der Waals surface area contributed by atoms with Crippen LogP contribution in [0.1, 0.15) is 24.8 Å². The highest BCUT2D eigenvalue weighted by atomic mass is 19.3. The van der Waals surface area contributed by atoms with E-state index in [1.807, 2.05) is 0 Å². The third kappa shape index (κ3) is 5.17. The smallest absolute Gasteiger partial charge is 0.272 e. The number of hydrogen-bond acceptors (Lipinski definition) is 3. The van der Waals surface area contributed by atoms with Gasteiger partial charge in [0.1, 0.15) is 0 Å². The number of ether oxygens (including phenoxy) is 1. The van der Waals surface area contributed by atoms with Gasteiger partial charge in [0.25, 0.3) is 6.43 Å². The molecule has 1 aliphatic rings. The van der Waals surface area contributed by atoms with Crippen LogP contribution in [0.4, 0.5) is 8.78 Å². The molecule has 1 aromatic rings. The van der Waals surface area contributed by atoms with Crippen LogP contribution in [-0.4, -0.2) is 42.0 Å². The average molecular weight is 298 g/mol. The van der Waals surface area contributed by atoms with Crippen molar-refractivity contribution in [1.82, 2.24) is 9.88 Å². The number of hydrogen-bond donors (Lipinski definition) is 1. The van der Waals surface area contributed by atoms with Gasteiger partial charge in [-0.25, -0.2) is 18.8 Å². The van der Waals surface area contributed by atoms with Crippen LogP contribution in [0.3, 0.4) is 0 Å². The first-order valence-electron chi connectivity index (χ1n) is 7.06. The van der Waals surface area contributed by atoms with E-state index >= 15 is 0 Å². The number of guanidine groups is 1. The van der Waals surface area contributed by atoms with Gasteiger partial charge in [0.05, 0.1) is 6.54 Å². The lowest BCUT2D eigenvalue weighted by atomic mass is 10.1. The van der Waals surface area contributed by atoms with Gasteiger partial charge in [0.15, 0.2) is 12.6 Å². The number of alkyl halides is 2. The van der Waals surface area contributed by atoms with Crippen molar-refractivity contribution in [3.63, 3.8) is 0 Å². The van der Waals surface area contributed by atoms with Gasteiger partial charge in [-0.15, -0.1) is 0 Å². The van der Waals surface area contributed by atoms with Crippen molar-refractivity contribution in [2.45, 2.75) is 32.2 Å². The molecular weight excluding hydrogens is 278 g/mol. The lowest BCUT2D eigenvalue weighted by molar-refractivity contribution is 0.0795. The molecule has 0 unspecified atom stereocenters. The molecular formula is C14H20F2N4O. The van der Waals surface area contributed by atoms with Gasteiger partial charge in [-0.2, -0.15) is 0 Å². The zero-order chi connectivity index (χ0) is 15.1. The standard InChI is InChI=1S/C14H20F2N4O/c15-12(16)10-21-13-8-11(4-5-18-13)9-19-14(17)20-6-2-1-3-7-20/h4-5,8,12H,1-3,6-7,9-10H2,(H2,17,19). The SMILES string of the molecule is NC(=NCc1ccnc(OCC(F)F)c1)N1CCCCC1. The summed E-state index contributed by atoms with van der Waals surface area (Å²) in [6, 6.07) is 3.37. The Morgan fingerprint density at radius 3 is 2.86 bits per heavy atom. The van der Waals surface area contributed by atoms with Crippen molar-refractivity contribution in [3.8, 4) is 5.88 Å². The van der Waals surface area contributed by atoms with Crippen molar-refractivity contribution in [3.05, 3.63) is 23.9 Å². The fraction of sp³-hybridized carbons (Fsp3) is 0.571. The fourth-order valence-electron chi connectivity index (χ4n) is 2.17. The molecule has 5 nitrogen and oxygen atoms in total. The molecule has 116 valence electrons. The molecule has 0 saturated carbocycles. The lowest BCUT2D eigenvalue weighted by Crippen LogP contribution is -2.40. The molecule has 2 rings (SSSR count). The minimum atomic E-state index is -2.51. The van der Waals surface area contributed by atoms with Crippen LogP contribution in [-0.2, 0) is 6.54 Å². The summed E-state index contributed by atoms with van der Waals surface area (Å²) in [5, 5.41) is 0. The van der Waals surface area contributed by atoms with E-state index in [0.29, 0.717) is 12.5 Å². The van der Waals surface area contributed by atoms with E-state index in [2.05, 4.69) is 14.9 Å². The molecule has 7 heteroatoms. The number of nitrogens with two attached hydrogens (primary N) is 1. The molecule has 2 heterocycles. The number of halogens is 2. The maximum absolute atomic E-state index is 12.1. The largest absolute Gasteiger partial charge is 0.472 e. The Hall–Kier alpha value is -1.92. The molecule has 0 radical (unpaired) electrons. The van der Waals surface area contributed by atoms with Gasteiger partial charge < -0.3 is 15.4 Å². The summed E-state index contributed by atoms with van der Waals surface area (Å²) in [7, 11) is 0. The predicted octanol–water partition coefficient (Wildman–Crippen LogP) is 2.03. The third-order valence-corrected chi connectivity index (χ3v) is 3.26. The molecule has 0 spiro atoms. The second-order valence-electron chi connectivity index (χ2n) is 4.93. The number of piperidine rings is 1. The lowest BCUT2D eigenvalue weighted by Gasteiger charge is -2.27. The Kier molecular flexibility index (Phi) is 5.71. The number of likely N-dealkylation sites (tertiary alicyclic amines) is 1. The Bertz CT molecular complexity index is 476. The van der Waals surface area contributed by atoms with Gasteiger partial charge in [0, 0.05) is 25.4 Å². The van der Waals surface area contributed by atoms with Gasteiger partial charge in [-0.05, 0) is 30.9 Å². The fourth-order valence-corrected chi connectivity index (χ4v) is 2.17. The monoisotopic (exact) mass is 298 g/mol. The average Bonchev–Trinajstić information content (AvgIpc) is 2.52. The first-order valence-corrected chi connectivity index (χ1v) is 7.06. The molecule has 21 heavy (non-hydrogen) atoms.